The molecule has 0 bridgehead atoms. The molecule has 0 spiro atoms. The van der Waals surface area contributed by atoms with Gasteiger partial charge in [0.2, 0.25) is 0 Å². The van der Waals surface area contributed by atoms with E-state index < -0.39 is 0 Å². The van der Waals surface area contributed by atoms with Crippen molar-refractivity contribution in [1.29, 1.82) is 0 Å². The SMILES string of the molecule is CCOc1ccc(/C=N\Nc2ccc(Cl)c(Cl)c2)cc1. The van der Waals surface area contributed by atoms with Crippen LogP contribution in [-0.4, -0.2) is 12.8 Å². The third-order valence-corrected chi connectivity index (χ3v) is 3.26. The molecule has 3 nitrogen and oxygen atoms in total. The third kappa shape index (κ3) is 4.15. The Kier molecular flexibility index (Phi) is 5.27. The molecule has 104 valence electrons. The molecule has 0 aliphatic heterocycles. The largest absolute Gasteiger partial charge is 0.494 e. The van der Waals surface area contributed by atoms with E-state index in [-0.39, 0.29) is 0 Å². The molecule has 0 amide bonds. The van der Waals surface area contributed by atoms with E-state index in [1.165, 1.54) is 0 Å². The Morgan fingerprint density at radius 1 is 1.10 bits per heavy atom. The smallest absolute Gasteiger partial charge is 0.119 e. The van der Waals surface area contributed by atoms with Crippen LogP contribution in [0.5, 0.6) is 5.75 Å². The first-order chi connectivity index (χ1) is 9.69. The van der Waals surface area contributed by atoms with Crippen molar-refractivity contribution in [2.24, 2.45) is 5.10 Å². The molecule has 1 N–H and O–H groups in total. The molecule has 0 aliphatic rings. The fourth-order valence-electron chi connectivity index (χ4n) is 1.56. The number of benzene rings is 2. The summed E-state index contributed by atoms with van der Waals surface area (Å²) in [4.78, 5) is 0. The topological polar surface area (TPSA) is 33.6 Å². The lowest BCUT2D eigenvalue weighted by Gasteiger charge is -2.03. The van der Waals surface area contributed by atoms with Crippen molar-refractivity contribution in [3.63, 3.8) is 0 Å². The summed E-state index contributed by atoms with van der Waals surface area (Å²) in [7, 11) is 0. The first-order valence-corrected chi connectivity index (χ1v) is 6.91. The van der Waals surface area contributed by atoms with Crippen molar-refractivity contribution < 1.29 is 4.74 Å². The van der Waals surface area contributed by atoms with Gasteiger partial charge in [0.25, 0.3) is 0 Å². The van der Waals surface area contributed by atoms with Gasteiger partial charge in [-0.2, -0.15) is 5.10 Å². The first-order valence-electron chi connectivity index (χ1n) is 6.16. The highest BCUT2D eigenvalue weighted by Crippen LogP contribution is 2.24. The van der Waals surface area contributed by atoms with Gasteiger partial charge in [-0.1, -0.05) is 23.2 Å². The number of nitrogens with zero attached hydrogens (tertiary/aromatic N) is 1. The monoisotopic (exact) mass is 308 g/mol. The summed E-state index contributed by atoms with van der Waals surface area (Å²) in [5, 5.41) is 5.16. The number of anilines is 1. The minimum absolute atomic E-state index is 0.493. The minimum atomic E-state index is 0.493. The van der Waals surface area contributed by atoms with Crippen molar-refractivity contribution in [3.8, 4) is 5.75 Å². The van der Waals surface area contributed by atoms with Crippen molar-refractivity contribution in [3.05, 3.63) is 58.1 Å². The first kappa shape index (κ1) is 14.7. The molecule has 0 unspecified atom stereocenters. The van der Waals surface area contributed by atoms with Crippen LogP contribution in [0, 0.1) is 0 Å². The van der Waals surface area contributed by atoms with Gasteiger partial charge in [0.05, 0.1) is 28.6 Å². The van der Waals surface area contributed by atoms with Crippen LogP contribution in [0.4, 0.5) is 5.69 Å². The maximum atomic E-state index is 5.92. The van der Waals surface area contributed by atoms with Crippen molar-refractivity contribution in [2.45, 2.75) is 6.92 Å². The van der Waals surface area contributed by atoms with Gasteiger partial charge in [-0.25, -0.2) is 0 Å². The number of halogens is 2. The van der Waals surface area contributed by atoms with E-state index in [0.29, 0.717) is 16.7 Å². The summed E-state index contributed by atoms with van der Waals surface area (Å²) in [5.74, 6) is 0.849. The van der Waals surface area contributed by atoms with Crippen LogP contribution in [0.25, 0.3) is 0 Å². The lowest BCUT2D eigenvalue weighted by atomic mass is 10.2. The minimum Gasteiger partial charge on any atom is -0.494 e. The summed E-state index contributed by atoms with van der Waals surface area (Å²) in [6, 6.07) is 12.9. The molecular weight excluding hydrogens is 295 g/mol. The second kappa shape index (κ2) is 7.17. The van der Waals surface area contributed by atoms with Crippen LogP contribution < -0.4 is 10.2 Å². The number of nitrogens with one attached hydrogen (secondary N) is 1. The molecule has 5 heteroatoms. The number of hydrogen-bond donors (Lipinski definition) is 1. The van der Waals surface area contributed by atoms with Crippen LogP contribution in [0.1, 0.15) is 12.5 Å². The maximum Gasteiger partial charge on any atom is 0.119 e. The van der Waals surface area contributed by atoms with Gasteiger partial charge in [-0.15, -0.1) is 0 Å². The quantitative estimate of drug-likeness (QED) is 0.633. The number of hydrazone groups is 1. The van der Waals surface area contributed by atoms with Crippen molar-refractivity contribution >= 4 is 35.1 Å². The van der Waals surface area contributed by atoms with Gasteiger partial charge in [0.15, 0.2) is 0 Å². The standard InChI is InChI=1S/C15H14Cl2N2O/c1-2-20-13-6-3-11(4-7-13)10-18-19-12-5-8-14(16)15(17)9-12/h3-10,19H,2H2,1H3/b18-10-. The Morgan fingerprint density at radius 3 is 2.50 bits per heavy atom. The Balaban J connectivity index is 1.97. The highest BCUT2D eigenvalue weighted by molar-refractivity contribution is 6.42. The summed E-state index contributed by atoms with van der Waals surface area (Å²) in [6.07, 6.45) is 1.72. The van der Waals surface area contributed by atoms with E-state index in [1.54, 1.807) is 18.3 Å². The van der Waals surface area contributed by atoms with Gasteiger partial charge < -0.3 is 4.74 Å². The molecule has 0 saturated carbocycles. The molecule has 0 fully saturated rings. The van der Waals surface area contributed by atoms with Crippen molar-refractivity contribution in [1.82, 2.24) is 0 Å². The summed E-state index contributed by atoms with van der Waals surface area (Å²) in [5.41, 5.74) is 4.65. The molecule has 2 aromatic carbocycles. The van der Waals surface area contributed by atoms with Crippen LogP contribution in [0.2, 0.25) is 10.0 Å². The average Bonchev–Trinajstić information content (AvgIpc) is 2.45. The predicted molar refractivity (Wildman–Crippen MR) is 85.3 cm³/mol. The fourth-order valence-corrected chi connectivity index (χ4v) is 1.86. The van der Waals surface area contributed by atoms with Crippen LogP contribution >= 0.6 is 23.2 Å². The fraction of sp³-hybridized carbons (Fsp3) is 0.133. The molecule has 2 rings (SSSR count). The van der Waals surface area contributed by atoms with E-state index in [1.807, 2.05) is 37.3 Å². The molecule has 0 heterocycles. The molecule has 0 radical (unpaired) electrons. The second-order valence-corrected chi connectivity index (χ2v) is 4.82. The Bertz CT molecular complexity index is 597. The van der Waals surface area contributed by atoms with E-state index >= 15 is 0 Å². The second-order valence-electron chi connectivity index (χ2n) is 4.00. The zero-order valence-corrected chi connectivity index (χ0v) is 12.4. The summed E-state index contributed by atoms with van der Waals surface area (Å²) in [6.45, 7) is 2.61. The molecule has 20 heavy (non-hydrogen) atoms. The van der Waals surface area contributed by atoms with Gasteiger partial charge >= 0.3 is 0 Å². The van der Waals surface area contributed by atoms with Crippen LogP contribution in [-0.2, 0) is 0 Å². The lowest BCUT2D eigenvalue weighted by Crippen LogP contribution is -1.93. The van der Waals surface area contributed by atoms with E-state index in [0.717, 1.165) is 17.0 Å². The maximum absolute atomic E-state index is 5.92. The van der Waals surface area contributed by atoms with Crippen molar-refractivity contribution in [2.75, 3.05) is 12.0 Å². The number of ether oxygens (including phenoxy) is 1. The van der Waals surface area contributed by atoms with Gasteiger partial charge in [-0.05, 0) is 55.0 Å². The summed E-state index contributed by atoms with van der Waals surface area (Å²) < 4.78 is 5.37. The zero-order chi connectivity index (χ0) is 14.4. The number of rotatable bonds is 5. The summed E-state index contributed by atoms with van der Waals surface area (Å²) >= 11 is 11.8. The molecule has 0 aliphatic carbocycles. The third-order valence-electron chi connectivity index (χ3n) is 2.52. The normalized spacial score (nSPS) is 10.8. The molecule has 0 atom stereocenters. The molecular formula is C15H14Cl2N2O. The van der Waals surface area contributed by atoms with Gasteiger partial charge in [0, 0.05) is 0 Å². The molecule has 2 aromatic rings. The van der Waals surface area contributed by atoms with Crippen LogP contribution in [0.3, 0.4) is 0 Å². The molecule has 0 aromatic heterocycles. The highest BCUT2D eigenvalue weighted by atomic mass is 35.5. The zero-order valence-electron chi connectivity index (χ0n) is 10.9. The molecule has 0 saturated heterocycles. The van der Waals surface area contributed by atoms with E-state index in [9.17, 15) is 0 Å². The Morgan fingerprint density at radius 2 is 1.85 bits per heavy atom. The number of hydrogen-bond acceptors (Lipinski definition) is 3. The van der Waals surface area contributed by atoms with E-state index in [2.05, 4.69) is 10.5 Å². The average molecular weight is 309 g/mol. The highest BCUT2D eigenvalue weighted by Gasteiger charge is 1.98. The van der Waals surface area contributed by atoms with Gasteiger partial charge in [-0.3, -0.25) is 5.43 Å². The van der Waals surface area contributed by atoms with Crippen LogP contribution in [0.15, 0.2) is 47.6 Å². The van der Waals surface area contributed by atoms with E-state index in [4.69, 9.17) is 27.9 Å². The Labute approximate surface area is 128 Å². The van der Waals surface area contributed by atoms with Gasteiger partial charge in [0.1, 0.15) is 5.75 Å². The lowest BCUT2D eigenvalue weighted by molar-refractivity contribution is 0.340. The Hall–Kier alpha value is -1.71. The predicted octanol–water partition coefficient (Wildman–Crippen LogP) is 4.84.